The molecule has 0 atom stereocenters. The standard InChI is InChI=1S/C18H17N7OS/c1-11-8-12(2)25-17(19-11)20-14(24-25)10-15(26)21-18-23-22-16(27-18)9-13-6-4-3-5-7-13/h3-8H,9-10H2,1-2H3,(H,21,23,26). The predicted molar refractivity (Wildman–Crippen MR) is 102 cm³/mol. The largest absolute Gasteiger partial charge is 0.300 e. The molecule has 0 fully saturated rings. The smallest absolute Gasteiger partial charge is 0.252 e. The van der Waals surface area contributed by atoms with Gasteiger partial charge >= 0.3 is 0 Å². The minimum atomic E-state index is -0.234. The molecule has 1 amide bonds. The molecular weight excluding hydrogens is 362 g/mol. The van der Waals surface area contributed by atoms with Crippen molar-refractivity contribution in [2.75, 3.05) is 5.32 Å². The number of benzene rings is 1. The molecule has 1 aromatic carbocycles. The highest BCUT2D eigenvalue weighted by Crippen LogP contribution is 2.18. The van der Waals surface area contributed by atoms with Gasteiger partial charge in [0.15, 0.2) is 5.82 Å². The number of aromatic nitrogens is 6. The maximum atomic E-state index is 12.3. The molecule has 0 saturated heterocycles. The van der Waals surface area contributed by atoms with Gasteiger partial charge in [0.05, 0.1) is 6.42 Å². The molecule has 0 bridgehead atoms. The monoisotopic (exact) mass is 379 g/mol. The van der Waals surface area contributed by atoms with Gasteiger partial charge < -0.3 is 5.32 Å². The molecule has 4 rings (SSSR count). The summed E-state index contributed by atoms with van der Waals surface area (Å²) in [5.74, 6) is 0.682. The first-order valence-electron chi connectivity index (χ1n) is 8.43. The van der Waals surface area contributed by atoms with Gasteiger partial charge in [-0.15, -0.1) is 15.3 Å². The fourth-order valence-corrected chi connectivity index (χ4v) is 3.53. The number of carbonyl (C=O) groups excluding carboxylic acids is 1. The summed E-state index contributed by atoms with van der Waals surface area (Å²) in [5, 5.41) is 16.6. The summed E-state index contributed by atoms with van der Waals surface area (Å²) in [5.41, 5.74) is 2.94. The Morgan fingerprint density at radius 2 is 1.96 bits per heavy atom. The summed E-state index contributed by atoms with van der Waals surface area (Å²) in [6, 6.07) is 11.9. The Labute approximate surface area is 159 Å². The molecular formula is C18H17N7OS. The van der Waals surface area contributed by atoms with Crippen LogP contribution in [0.3, 0.4) is 0 Å². The van der Waals surface area contributed by atoms with Crippen molar-refractivity contribution in [1.82, 2.24) is 29.8 Å². The van der Waals surface area contributed by atoms with Crippen molar-refractivity contribution >= 4 is 28.2 Å². The molecule has 27 heavy (non-hydrogen) atoms. The zero-order chi connectivity index (χ0) is 18.8. The van der Waals surface area contributed by atoms with Crippen LogP contribution >= 0.6 is 11.3 Å². The van der Waals surface area contributed by atoms with Gasteiger partial charge in [0.1, 0.15) is 5.01 Å². The van der Waals surface area contributed by atoms with Gasteiger partial charge in [0.2, 0.25) is 11.0 Å². The number of carbonyl (C=O) groups is 1. The van der Waals surface area contributed by atoms with Crippen LogP contribution in [0.1, 0.15) is 27.8 Å². The number of nitrogens with zero attached hydrogens (tertiary/aromatic N) is 6. The van der Waals surface area contributed by atoms with E-state index in [0.29, 0.717) is 23.2 Å². The third-order valence-corrected chi connectivity index (χ3v) is 4.73. The van der Waals surface area contributed by atoms with Crippen LogP contribution < -0.4 is 5.32 Å². The van der Waals surface area contributed by atoms with E-state index in [0.717, 1.165) is 22.0 Å². The highest BCUT2D eigenvalue weighted by Gasteiger charge is 2.14. The topological polar surface area (TPSA) is 98.0 Å². The van der Waals surface area contributed by atoms with E-state index in [1.165, 1.54) is 11.3 Å². The van der Waals surface area contributed by atoms with Gasteiger partial charge in [-0.25, -0.2) is 9.50 Å². The average molecular weight is 379 g/mol. The molecule has 0 aliphatic heterocycles. The van der Waals surface area contributed by atoms with Crippen molar-refractivity contribution in [3.63, 3.8) is 0 Å². The van der Waals surface area contributed by atoms with E-state index in [1.807, 2.05) is 50.2 Å². The van der Waals surface area contributed by atoms with Crippen LogP contribution in [0.5, 0.6) is 0 Å². The molecule has 4 aromatic rings. The molecule has 0 saturated carbocycles. The van der Waals surface area contributed by atoms with Gasteiger partial charge in [0.25, 0.3) is 5.78 Å². The fraction of sp³-hybridized carbons (Fsp3) is 0.222. The van der Waals surface area contributed by atoms with Crippen molar-refractivity contribution in [2.45, 2.75) is 26.7 Å². The Bertz CT molecular complexity index is 1100. The highest BCUT2D eigenvalue weighted by atomic mass is 32.1. The number of rotatable bonds is 5. The minimum Gasteiger partial charge on any atom is -0.300 e. The number of nitrogens with one attached hydrogen (secondary N) is 1. The SMILES string of the molecule is Cc1cc(C)n2nc(CC(=O)Nc3nnc(Cc4ccccc4)s3)nc2n1. The Morgan fingerprint density at radius 1 is 1.15 bits per heavy atom. The van der Waals surface area contributed by atoms with Crippen LogP contribution in [0, 0.1) is 13.8 Å². The van der Waals surface area contributed by atoms with E-state index in [-0.39, 0.29) is 12.3 Å². The minimum absolute atomic E-state index is 0.0510. The van der Waals surface area contributed by atoms with Gasteiger partial charge in [0, 0.05) is 17.8 Å². The van der Waals surface area contributed by atoms with Crippen molar-refractivity contribution in [3.8, 4) is 0 Å². The van der Waals surface area contributed by atoms with E-state index >= 15 is 0 Å². The van der Waals surface area contributed by atoms with Crippen LogP contribution in [-0.2, 0) is 17.6 Å². The second-order valence-corrected chi connectivity index (χ2v) is 7.23. The summed E-state index contributed by atoms with van der Waals surface area (Å²) in [7, 11) is 0. The highest BCUT2D eigenvalue weighted by molar-refractivity contribution is 7.15. The molecule has 1 N–H and O–H groups in total. The first-order valence-corrected chi connectivity index (χ1v) is 9.24. The number of anilines is 1. The lowest BCUT2D eigenvalue weighted by molar-refractivity contribution is -0.115. The molecule has 9 heteroatoms. The van der Waals surface area contributed by atoms with Gasteiger partial charge in [-0.05, 0) is 25.5 Å². The summed E-state index contributed by atoms with van der Waals surface area (Å²) in [6.45, 7) is 3.83. The molecule has 3 heterocycles. The molecule has 0 radical (unpaired) electrons. The predicted octanol–water partition coefficient (Wildman–Crippen LogP) is 2.36. The maximum absolute atomic E-state index is 12.3. The Hall–Kier alpha value is -3.20. The molecule has 0 unspecified atom stereocenters. The van der Waals surface area contributed by atoms with E-state index < -0.39 is 0 Å². The van der Waals surface area contributed by atoms with Crippen LogP contribution in [0.25, 0.3) is 5.78 Å². The average Bonchev–Trinajstić information content (AvgIpc) is 3.22. The van der Waals surface area contributed by atoms with E-state index in [2.05, 4.69) is 30.6 Å². The van der Waals surface area contributed by atoms with Crippen LogP contribution in [0.2, 0.25) is 0 Å². The van der Waals surface area contributed by atoms with Crippen molar-refractivity contribution in [3.05, 3.63) is 64.2 Å². The van der Waals surface area contributed by atoms with Gasteiger partial charge in [-0.3, -0.25) is 4.79 Å². The van der Waals surface area contributed by atoms with Crippen molar-refractivity contribution in [1.29, 1.82) is 0 Å². The number of hydrogen-bond acceptors (Lipinski definition) is 7. The van der Waals surface area contributed by atoms with E-state index in [4.69, 9.17) is 0 Å². The number of amides is 1. The zero-order valence-electron chi connectivity index (χ0n) is 14.9. The van der Waals surface area contributed by atoms with Gasteiger partial charge in [-0.1, -0.05) is 41.7 Å². The molecule has 136 valence electrons. The molecule has 0 aliphatic carbocycles. The summed E-state index contributed by atoms with van der Waals surface area (Å²) in [4.78, 5) is 20.9. The normalized spacial score (nSPS) is 11.0. The third-order valence-electron chi connectivity index (χ3n) is 3.89. The number of fused-ring (bicyclic) bond motifs is 1. The van der Waals surface area contributed by atoms with Crippen LogP contribution in [-0.4, -0.2) is 35.7 Å². The zero-order valence-corrected chi connectivity index (χ0v) is 15.7. The number of hydrogen-bond donors (Lipinski definition) is 1. The number of aryl methyl sites for hydroxylation is 2. The molecule has 0 spiro atoms. The maximum Gasteiger partial charge on any atom is 0.252 e. The lowest BCUT2D eigenvalue weighted by Crippen LogP contribution is -2.15. The van der Waals surface area contributed by atoms with Crippen molar-refractivity contribution < 1.29 is 4.79 Å². The second kappa shape index (κ2) is 7.20. The van der Waals surface area contributed by atoms with Crippen molar-refractivity contribution in [2.24, 2.45) is 0 Å². The first-order chi connectivity index (χ1) is 13.1. The Kier molecular flexibility index (Phi) is 4.59. The van der Waals surface area contributed by atoms with Crippen LogP contribution in [0.15, 0.2) is 36.4 Å². The quantitative estimate of drug-likeness (QED) is 0.572. The Morgan fingerprint density at radius 3 is 2.78 bits per heavy atom. The third kappa shape index (κ3) is 3.98. The fourth-order valence-electron chi connectivity index (χ4n) is 2.74. The summed E-state index contributed by atoms with van der Waals surface area (Å²) < 4.78 is 1.64. The molecule has 0 aliphatic rings. The summed E-state index contributed by atoms with van der Waals surface area (Å²) in [6.07, 6.45) is 0.738. The first kappa shape index (κ1) is 17.2. The van der Waals surface area contributed by atoms with Gasteiger partial charge in [-0.2, -0.15) is 4.98 Å². The lowest BCUT2D eigenvalue weighted by Gasteiger charge is -1.98. The molecule has 3 aromatic heterocycles. The summed E-state index contributed by atoms with van der Waals surface area (Å²) >= 11 is 1.36. The second-order valence-electron chi connectivity index (χ2n) is 6.17. The lowest BCUT2D eigenvalue weighted by atomic mass is 10.2. The van der Waals surface area contributed by atoms with Crippen LogP contribution in [0.4, 0.5) is 5.13 Å². The Balaban J connectivity index is 1.42. The molecule has 8 nitrogen and oxygen atoms in total. The van der Waals surface area contributed by atoms with E-state index in [1.54, 1.807) is 4.52 Å². The van der Waals surface area contributed by atoms with E-state index in [9.17, 15) is 4.79 Å².